The maximum absolute atomic E-state index is 10.7. The summed E-state index contributed by atoms with van der Waals surface area (Å²) in [5.74, 6) is 0.828. The number of halogens is 1. The summed E-state index contributed by atoms with van der Waals surface area (Å²) < 4.78 is 5.14. The van der Waals surface area contributed by atoms with Crippen LogP contribution in [0.5, 0.6) is 5.75 Å². The Kier molecular flexibility index (Phi) is 3.69. The smallest absolute Gasteiger partial charge is 0.138 e. The standard InChI is InChI=1S/C11H13BrO2/c1-7-4-9(14-3)5-8(2)11(7)10(12)6-13/h4-6,10H,1-3H3. The number of carbonyl (C=O) groups excluding carboxylic acids is 1. The van der Waals surface area contributed by atoms with Crippen LogP contribution in [0.3, 0.4) is 0 Å². The average molecular weight is 257 g/mol. The SMILES string of the molecule is COc1cc(C)c(C(Br)C=O)c(C)c1. The van der Waals surface area contributed by atoms with E-state index in [1.807, 2.05) is 26.0 Å². The molecule has 0 aromatic heterocycles. The number of rotatable bonds is 3. The Morgan fingerprint density at radius 2 is 1.86 bits per heavy atom. The van der Waals surface area contributed by atoms with Crippen LogP contribution in [0.4, 0.5) is 0 Å². The van der Waals surface area contributed by atoms with Crippen molar-refractivity contribution in [3.8, 4) is 5.75 Å². The summed E-state index contributed by atoms with van der Waals surface area (Å²) in [6.07, 6.45) is 0.891. The van der Waals surface area contributed by atoms with E-state index in [2.05, 4.69) is 15.9 Å². The zero-order valence-electron chi connectivity index (χ0n) is 8.50. The van der Waals surface area contributed by atoms with Crippen LogP contribution >= 0.6 is 15.9 Å². The van der Waals surface area contributed by atoms with Gasteiger partial charge in [-0.05, 0) is 42.7 Å². The van der Waals surface area contributed by atoms with Gasteiger partial charge >= 0.3 is 0 Å². The number of alkyl halides is 1. The number of methoxy groups -OCH3 is 1. The average Bonchev–Trinajstić information content (AvgIpc) is 2.16. The molecule has 1 aromatic rings. The minimum atomic E-state index is -0.228. The molecule has 0 saturated carbocycles. The lowest BCUT2D eigenvalue weighted by atomic mass is 10.00. The fraction of sp³-hybridized carbons (Fsp3) is 0.364. The molecule has 0 aliphatic carbocycles. The molecule has 0 N–H and O–H groups in total. The second kappa shape index (κ2) is 4.60. The third-order valence-electron chi connectivity index (χ3n) is 2.20. The van der Waals surface area contributed by atoms with Gasteiger partial charge in [0.25, 0.3) is 0 Å². The first-order valence-corrected chi connectivity index (χ1v) is 5.26. The van der Waals surface area contributed by atoms with Crippen LogP contribution in [0.25, 0.3) is 0 Å². The molecule has 0 radical (unpaired) electrons. The normalized spacial score (nSPS) is 12.3. The van der Waals surface area contributed by atoms with Crippen molar-refractivity contribution < 1.29 is 9.53 Å². The van der Waals surface area contributed by atoms with Crippen LogP contribution < -0.4 is 4.74 Å². The molecule has 1 atom stereocenters. The van der Waals surface area contributed by atoms with Crippen LogP contribution in [-0.4, -0.2) is 13.4 Å². The fourth-order valence-corrected chi connectivity index (χ4v) is 2.28. The van der Waals surface area contributed by atoms with Gasteiger partial charge in [-0.1, -0.05) is 15.9 Å². The first-order valence-electron chi connectivity index (χ1n) is 4.34. The third kappa shape index (κ3) is 2.15. The van der Waals surface area contributed by atoms with Gasteiger partial charge in [0.1, 0.15) is 12.0 Å². The molecular formula is C11H13BrO2. The van der Waals surface area contributed by atoms with Crippen molar-refractivity contribution in [1.82, 2.24) is 0 Å². The van der Waals surface area contributed by atoms with Crippen molar-refractivity contribution in [2.75, 3.05) is 7.11 Å². The van der Waals surface area contributed by atoms with E-state index in [9.17, 15) is 4.79 Å². The summed E-state index contributed by atoms with van der Waals surface area (Å²) in [6.45, 7) is 3.95. The van der Waals surface area contributed by atoms with Crippen molar-refractivity contribution in [3.05, 3.63) is 28.8 Å². The van der Waals surface area contributed by atoms with E-state index in [0.717, 1.165) is 28.7 Å². The minimum absolute atomic E-state index is 0.228. The summed E-state index contributed by atoms with van der Waals surface area (Å²) in [5.41, 5.74) is 3.16. The molecule has 0 bridgehead atoms. The molecule has 14 heavy (non-hydrogen) atoms. The van der Waals surface area contributed by atoms with Crippen LogP contribution in [0.2, 0.25) is 0 Å². The van der Waals surface area contributed by atoms with Gasteiger partial charge in [-0.25, -0.2) is 0 Å². The topological polar surface area (TPSA) is 26.3 Å². The number of carbonyl (C=O) groups is 1. The zero-order valence-corrected chi connectivity index (χ0v) is 10.1. The Hall–Kier alpha value is -0.830. The lowest BCUT2D eigenvalue weighted by Crippen LogP contribution is -1.99. The molecule has 0 fully saturated rings. The van der Waals surface area contributed by atoms with E-state index < -0.39 is 0 Å². The summed E-state index contributed by atoms with van der Waals surface area (Å²) in [6, 6.07) is 3.86. The van der Waals surface area contributed by atoms with E-state index in [-0.39, 0.29) is 4.83 Å². The van der Waals surface area contributed by atoms with Gasteiger partial charge in [-0.3, -0.25) is 0 Å². The van der Waals surface area contributed by atoms with Crippen molar-refractivity contribution >= 4 is 22.2 Å². The van der Waals surface area contributed by atoms with E-state index in [1.165, 1.54) is 0 Å². The predicted molar refractivity (Wildman–Crippen MR) is 60.2 cm³/mol. The molecule has 1 aromatic carbocycles. The van der Waals surface area contributed by atoms with Crippen LogP contribution in [-0.2, 0) is 4.79 Å². The van der Waals surface area contributed by atoms with E-state index in [1.54, 1.807) is 7.11 Å². The van der Waals surface area contributed by atoms with Gasteiger partial charge in [0.15, 0.2) is 0 Å². The lowest BCUT2D eigenvalue weighted by molar-refractivity contribution is -0.107. The first-order chi connectivity index (χ1) is 6.60. The van der Waals surface area contributed by atoms with Gasteiger partial charge in [-0.15, -0.1) is 0 Å². The summed E-state index contributed by atoms with van der Waals surface area (Å²) in [5, 5.41) is 0. The maximum atomic E-state index is 10.7. The van der Waals surface area contributed by atoms with Gasteiger partial charge in [0, 0.05) is 0 Å². The molecule has 1 rings (SSSR count). The van der Waals surface area contributed by atoms with Crippen molar-refractivity contribution in [2.24, 2.45) is 0 Å². The van der Waals surface area contributed by atoms with Crippen LogP contribution in [0, 0.1) is 13.8 Å². The minimum Gasteiger partial charge on any atom is -0.497 e. The fourth-order valence-electron chi connectivity index (χ4n) is 1.56. The maximum Gasteiger partial charge on any atom is 0.138 e. The van der Waals surface area contributed by atoms with Crippen molar-refractivity contribution in [2.45, 2.75) is 18.7 Å². The number of aryl methyl sites for hydroxylation is 2. The monoisotopic (exact) mass is 256 g/mol. The molecule has 0 saturated heterocycles. The summed E-state index contributed by atoms with van der Waals surface area (Å²) >= 11 is 3.32. The highest BCUT2D eigenvalue weighted by Gasteiger charge is 2.13. The van der Waals surface area contributed by atoms with Gasteiger partial charge in [-0.2, -0.15) is 0 Å². The number of hydrogen-bond donors (Lipinski definition) is 0. The molecule has 3 heteroatoms. The summed E-state index contributed by atoms with van der Waals surface area (Å²) in [4.78, 5) is 10.5. The number of aldehydes is 1. The molecule has 0 aliphatic heterocycles. The highest BCUT2D eigenvalue weighted by atomic mass is 79.9. The van der Waals surface area contributed by atoms with Gasteiger partial charge < -0.3 is 9.53 Å². The quantitative estimate of drug-likeness (QED) is 0.614. The third-order valence-corrected chi connectivity index (χ3v) is 2.87. The molecule has 0 spiro atoms. The highest BCUT2D eigenvalue weighted by Crippen LogP contribution is 2.30. The predicted octanol–water partition coefficient (Wildman–Crippen LogP) is 2.95. The Labute approximate surface area is 92.4 Å². The molecule has 0 heterocycles. The number of ether oxygens (including phenoxy) is 1. The molecule has 0 aliphatic rings. The Bertz CT molecular complexity index is 324. The zero-order chi connectivity index (χ0) is 10.7. The Morgan fingerprint density at radius 1 is 1.36 bits per heavy atom. The highest BCUT2D eigenvalue weighted by molar-refractivity contribution is 9.09. The second-order valence-electron chi connectivity index (χ2n) is 3.21. The van der Waals surface area contributed by atoms with Crippen LogP contribution in [0.1, 0.15) is 21.5 Å². The Balaban J connectivity index is 3.24. The lowest BCUT2D eigenvalue weighted by Gasteiger charge is -2.13. The van der Waals surface area contributed by atoms with E-state index in [0.29, 0.717) is 0 Å². The van der Waals surface area contributed by atoms with Gasteiger partial charge in [0.2, 0.25) is 0 Å². The van der Waals surface area contributed by atoms with Crippen molar-refractivity contribution in [3.63, 3.8) is 0 Å². The largest absolute Gasteiger partial charge is 0.497 e. The number of hydrogen-bond acceptors (Lipinski definition) is 2. The number of benzene rings is 1. The molecule has 76 valence electrons. The van der Waals surface area contributed by atoms with Crippen molar-refractivity contribution in [1.29, 1.82) is 0 Å². The van der Waals surface area contributed by atoms with Gasteiger partial charge in [0.05, 0.1) is 11.9 Å². The van der Waals surface area contributed by atoms with E-state index >= 15 is 0 Å². The summed E-state index contributed by atoms with van der Waals surface area (Å²) in [7, 11) is 1.64. The van der Waals surface area contributed by atoms with E-state index in [4.69, 9.17) is 4.74 Å². The molecule has 2 nitrogen and oxygen atoms in total. The Morgan fingerprint density at radius 3 is 2.21 bits per heavy atom. The molecular weight excluding hydrogens is 244 g/mol. The molecule has 1 unspecified atom stereocenters. The molecule has 0 amide bonds. The van der Waals surface area contributed by atoms with Crippen LogP contribution in [0.15, 0.2) is 12.1 Å². The first kappa shape index (κ1) is 11.2. The second-order valence-corrected chi connectivity index (χ2v) is 4.20.